The number of ether oxygens (including phenoxy) is 1. The van der Waals surface area contributed by atoms with Crippen molar-refractivity contribution in [3.05, 3.63) is 23.7 Å². The highest BCUT2D eigenvalue weighted by atomic mass is 16.5. The minimum atomic E-state index is 0.129. The van der Waals surface area contributed by atoms with E-state index in [1.807, 2.05) is 13.2 Å². The molecule has 0 spiro atoms. The summed E-state index contributed by atoms with van der Waals surface area (Å²) < 4.78 is 11.0. The Morgan fingerprint density at radius 2 is 2.05 bits per heavy atom. The molecule has 20 heavy (non-hydrogen) atoms. The zero-order valence-electron chi connectivity index (χ0n) is 13.7. The van der Waals surface area contributed by atoms with Gasteiger partial charge in [-0.1, -0.05) is 6.92 Å². The van der Waals surface area contributed by atoms with Gasteiger partial charge in [-0.05, 0) is 40.3 Å². The smallest absolute Gasteiger partial charge is 0.118 e. The van der Waals surface area contributed by atoms with Crippen LogP contribution in [0.15, 0.2) is 16.7 Å². The Labute approximate surface area is 123 Å². The topological polar surface area (TPSA) is 37.6 Å². The first-order valence-corrected chi connectivity index (χ1v) is 7.56. The van der Waals surface area contributed by atoms with Crippen LogP contribution in [0.4, 0.5) is 0 Å². The lowest BCUT2D eigenvalue weighted by molar-refractivity contribution is 0.110. The fourth-order valence-electron chi connectivity index (χ4n) is 1.88. The SMILES string of the molecule is CCOCCN(CC)Cc1cc(CNC(C)(C)C)co1. The molecule has 1 N–H and O–H groups in total. The molecule has 0 aliphatic heterocycles. The van der Waals surface area contributed by atoms with Crippen molar-refractivity contribution in [1.29, 1.82) is 0 Å². The van der Waals surface area contributed by atoms with E-state index in [1.54, 1.807) is 0 Å². The molecule has 1 aromatic rings. The molecule has 0 fully saturated rings. The summed E-state index contributed by atoms with van der Waals surface area (Å²) in [5.74, 6) is 1.02. The molecule has 0 radical (unpaired) electrons. The second-order valence-corrected chi connectivity index (χ2v) is 6.09. The van der Waals surface area contributed by atoms with Crippen LogP contribution in [-0.4, -0.2) is 36.7 Å². The molecule has 0 saturated heterocycles. The number of nitrogens with one attached hydrogen (secondary N) is 1. The summed E-state index contributed by atoms with van der Waals surface area (Å²) in [5, 5.41) is 3.47. The van der Waals surface area contributed by atoms with Crippen molar-refractivity contribution in [2.75, 3.05) is 26.3 Å². The predicted octanol–water partition coefficient (Wildman–Crippen LogP) is 3.03. The van der Waals surface area contributed by atoms with Crippen LogP contribution in [0.2, 0.25) is 0 Å². The average molecular weight is 282 g/mol. The lowest BCUT2D eigenvalue weighted by Crippen LogP contribution is -2.34. The lowest BCUT2D eigenvalue weighted by Gasteiger charge is -2.19. The van der Waals surface area contributed by atoms with Gasteiger partial charge < -0.3 is 14.5 Å². The van der Waals surface area contributed by atoms with Crippen LogP contribution in [0.1, 0.15) is 45.9 Å². The fourth-order valence-corrected chi connectivity index (χ4v) is 1.88. The van der Waals surface area contributed by atoms with Crippen LogP contribution in [0.25, 0.3) is 0 Å². The first kappa shape index (κ1) is 17.2. The molecule has 0 aliphatic carbocycles. The molecule has 0 amide bonds. The normalized spacial score (nSPS) is 12.3. The van der Waals surface area contributed by atoms with Crippen LogP contribution in [0.5, 0.6) is 0 Å². The maximum atomic E-state index is 5.65. The highest BCUT2D eigenvalue weighted by molar-refractivity contribution is 5.13. The molecule has 1 aromatic heterocycles. The maximum Gasteiger partial charge on any atom is 0.118 e. The van der Waals surface area contributed by atoms with E-state index in [-0.39, 0.29) is 5.54 Å². The summed E-state index contributed by atoms with van der Waals surface area (Å²) in [7, 11) is 0. The first-order chi connectivity index (χ1) is 9.44. The Kier molecular flexibility index (Phi) is 7.27. The van der Waals surface area contributed by atoms with E-state index in [0.29, 0.717) is 0 Å². The van der Waals surface area contributed by atoms with Crippen LogP contribution in [0, 0.1) is 0 Å². The summed E-state index contributed by atoms with van der Waals surface area (Å²) >= 11 is 0. The van der Waals surface area contributed by atoms with Crippen molar-refractivity contribution in [3.63, 3.8) is 0 Å². The highest BCUT2D eigenvalue weighted by Gasteiger charge is 2.11. The largest absolute Gasteiger partial charge is 0.468 e. The standard InChI is InChI=1S/C16H30N2O2/c1-6-18(8-9-19-7-2)12-15-10-14(13-20-15)11-17-16(3,4)5/h10,13,17H,6-9,11-12H2,1-5H3. The van der Waals surface area contributed by atoms with E-state index in [4.69, 9.17) is 9.15 Å². The fraction of sp³-hybridized carbons (Fsp3) is 0.750. The third-order valence-corrected chi connectivity index (χ3v) is 3.11. The summed E-state index contributed by atoms with van der Waals surface area (Å²) in [5.41, 5.74) is 1.33. The third kappa shape index (κ3) is 7.08. The Morgan fingerprint density at radius 1 is 1.30 bits per heavy atom. The Balaban J connectivity index is 2.41. The van der Waals surface area contributed by atoms with Crippen LogP contribution >= 0.6 is 0 Å². The molecule has 116 valence electrons. The molecule has 0 saturated carbocycles. The number of rotatable bonds is 9. The molecule has 0 bridgehead atoms. The van der Waals surface area contributed by atoms with E-state index >= 15 is 0 Å². The average Bonchev–Trinajstić information content (AvgIpc) is 2.82. The van der Waals surface area contributed by atoms with Crippen LogP contribution < -0.4 is 5.32 Å². The Hall–Kier alpha value is -0.840. The van der Waals surface area contributed by atoms with Gasteiger partial charge in [0.1, 0.15) is 5.76 Å². The van der Waals surface area contributed by atoms with Gasteiger partial charge in [0.2, 0.25) is 0 Å². The Morgan fingerprint density at radius 3 is 2.65 bits per heavy atom. The van der Waals surface area contributed by atoms with Crippen molar-refractivity contribution in [1.82, 2.24) is 10.2 Å². The first-order valence-electron chi connectivity index (χ1n) is 7.56. The van der Waals surface area contributed by atoms with Crippen molar-refractivity contribution in [3.8, 4) is 0 Å². The van der Waals surface area contributed by atoms with Gasteiger partial charge in [0.25, 0.3) is 0 Å². The monoisotopic (exact) mass is 282 g/mol. The number of furan rings is 1. The van der Waals surface area contributed by atoms with Crippen molar-refractivity contribution in [2.24, 2.45) is 0 Å². The third-order valence-electron chi connectivity index (χ3n) is 3.11. The van der Waals surface area contributed by atoms with Gasteiger partial charge in [-0.25, -0.2) is 0 Å². The van der Waals surface area contributed by atoms with Crippen LogP contribution in [-0.2, 0) is 17.8 Å². The Bertz CT molecular complexity index is 369. The predicted molar refractivity (Wildman–Crippen MR) is 82.7 cm³/mol. The maximum absolute atomic E-state index is 5.65. The molecule has 0 atom stereocenters. The van der Waals surface area contributed by atoms with E-state index in [2.05, 4.69) is 44.0 Å². The van der Waals surface area contributed by atoms with E-state index < -0.39 is 0 Å². The van der Waals surface area contributed by atoms with E-state index in [1.165, 1.54) is 5.56 Å². The van der Waals surface area contributed by atoms with E-state index in [0.717, 1.165) is 45.2 Å². The van der Waals surface area contributed by atoms with Crippen molar-refractivity contribution < 1.29 is 9.15 Å². The zero-order chi connectivity index (χ0) is 15.0. The van der Waals surface area contributed by atoms with Gasteiger partial charge in [0.15, 0.2) is 0 Å². The molecule has 4 heteroatoms. The van der Waals surface area contributed by atoms with Crippen LogP contribution in [0.3, 0.4) is 0 Å². The van der Waals surface area contributed by atoms with Gasteiger partial charge >= 0.3 is 0 Å². The molecule has 0 unspecified atom stereocenters. The zero-order valence-corrected chi connectivity index (χ0v) is 13.7. The molecule has 1 rings (SSSR count). The van der Waals surface area contributed by atoms with Gasteiger partial charge in [0.05, 0.1) is 19.4 Å². The quantitative estimate of drug-likeness (QED) is 0.707. The van der Waals surface area contributed by atoms with Crippen molar-refractivity contribution in [2.45, 2.75) is 53.2 Å². The van der Waals surface area contributed by atoms with Gasteiger partial charge in [-0.15, -0.1) is 0 Å². The summed E-state index contributed by atoms with van der Waals surface area (Å²) in [6.07, 6.45) is 1.85. The second-order valence-electron chi connectivity index (χ2n) is 6.09. The van der Waals surface area contributed by atoms with Crippen molar-refractivity contribution >= 4 is 0 Å². The molecular weight excluding hydrogens is 252 g/mol. The van der Waals surface area contributed by atoms with Gasteiger partial charge in [-0.3, -0.25) is 4.90 Å². The second kappa shape index (κ2) is 8.45. The number of hydrogen-bond donors (Lipinski definition) is 1. The minimum Gasteiger partial charge on any atom is -0.468 e. The molecule has 4 nitrogen and oxygen atoms in total. The van der Waals surface area contributed by atoms with Gasteiger partial charge in [-0.2, -0.15) is 0 Å². The van der Waals surface area contributed by atoms with Gasteiger partial charge in [0, 0.05) is 30.8 Å². The molecule has 0 aliphatic rings. The summed E-state index contributed by atoms with van der Waals surface area (Å²) in [6.45, 7) is 15.9. The molecule has 0 aromatic carbocycles. The highest BCUT2D eigenvalue weighted by Crippen LogP contribution is 2.12. The minimum absolute atomic E-state index is 0.129. The van der Waals surface area contributed by atoms with E-state index in [9.17, 15) is 0 Å². The molecule has 1 heterocycles. The number of hydrogen-bond acceptors (Lipinski definition) is 4. The summed E-state index contributed by atoms with van der Waals surface area (Å²) in [6, 6.07) is 2.14. The molecular formula is C16H30N2O2. The number of nitrogens with zero attached hydrogens (tertiary/aromatic N) is 1. The lowest BCUT2D eigenvalue weighted by atomic mass is 10.1. The summed E-state index contributed by atoms with van der Waals surface area (Å²) in [4.78, 5) is 2.33. The number of likely N-dealkylation sites (N-methyl/N-ethyl adjacent to an activating group) is 1.